The molecule has 0 aromatic rings. The van der Waals surface area contributed by atoms with Gasteiger partial charge in [0.25, 0.3) is 0 Å². The molecule has 0 aliphatic rings. The summed E-state index contributed by atoms with van der Waals surface area (Å²) in [6.45, 7) is 8.40. The zero-order valence-electron chi connectivity index (χ0n) is 13.3. The molecule has 0 aliphatic heterocycles. The predicted octanol–water partition coefficient (Wildman–Crippen LogP) is -0.996. The fourth-order valence-corrected chi connectivity index (χ4v) is 0.446. The van der Waals surface area contributed by atoms with Crippen molar-refractivity contribution in [2.45, 2.75) is 26.1 Å². The van der Waals surface area contributed by atoms with Crippen LogP contribution in [0.3, 0.4) is 0 Å². The van der Waals surface area contributed by atoms with Crippen LogP contribution in [0.4, 0.5) is 0 Å². The Morgan fingerprint density at radius 3 is 1.22 bits per heavy atom. The minimum atomic E-state index is -0.935. The second-order valence-electron chi connectivity index (χ2n) is 4.38. The van der Waals surface area contributed by atoms with E-state index in [1.165, 1.54) is 13.8 Å². The van der Waals surface area contributed by atoms with E-state index in [1.807, 2.05) is 0 Å². The first-order valence-corrected chi connectivity index (χ1v) is 6.42. The van der Waals surface area contributed by atoms with Gasteiger partial charge >= 0.3 is 11.9 Å². The summed E-state index contributed by atoms with van der Waals surface area (Å²) in [6.07, 6.45) is -1.83. The van der Waals surface area contributed by atoms with Gasteiger partial charge in [-0.05, 0) is 13.8 Å². The lowest BCUT2D eigenvalue weighted by atomic mass is 10.4. The first kappa shape index (κ1) is 26.1. The topological polar surface area (TPSA) is 165 Å². The monoisotopic (exact) mass is 338 g/mol. The third-order valence-corrected chi connectivity index (χ3v) is 1.77. The van der Waals surface area contributed by atoms with Crippen LogP contribution in [0.1, 0.15) is 13.8 Å². The highest BCUT2D eigenvalue weighted by atomic mass is 16.5. The number of rotatable bonds is 8. The summed E-state index contributed by atoms with van der Waals surface area (Å²) in [5.41, 5.74) is 0.352. The third kappa shape index (κ3) is 25.5. The number of carbonyl (C=O) groups is 2. The lowest BCUT2D eigenvalue weighted by molar-refractivity contribution is -0.133. The van der Waals surface area contributed by atoms with Gasteiger partial charge in [0.05, 0.1) is 26.4 Å². The van der Waals surface area contributed by atoms with Gasteiger partial charge in [0.2, 0.25) is 0 Å². The second-order valence-corrected chi connectivity index (χ2v) is 4.38. The summed E-state index contributed by atoms with van der Waals surface area (Å²) in [4.78, 5) is 19.2. The number of ether oxygens (including phenoxy) is 1. The third-order valence-electron chi connectivity index (χ3n) is 1.77. The average molecular weight is 338 g/mol. The molecule has 9 nitrogen and oxygen atoms in total. The quantitative estimate of drug-likeness (QED) is 0.304. The Kier molecular flexibility index (Phi) is 18.8. The first-order chi connectivity index (χ1) is 10.5. The fraction of sp³-hybridized carbons (Fsp3) is 0.571. The van der Waals surface area contributed by atoms with Crippen LogP contribution in [0.15, 0.2) is 24.3 Å². The zero-order chi connectivity index (χ0) is 19.0. The van der Waals surface area contributed by atoms with Gasteiger partial charge in [-0.1, -0.05) is 13.2 Å². The molecule has 0 bridgehead atoms. The number of aliphatic carboxylic acids is 2. The van der Waals surface area contributed by atoms with Crippen molar-refractivity contribution in [3.8, 4) is 0 Å². The summed E-state index contributed by atoms with van der Waals surface area (Å²) < 4.78 is 4.72. The summed E-state index contributed by atoms with van der Waals surface area (Å²) in [6, 6.07) is 0. The Labute approximate surface area is 134 Å². The van der Waals surface area contributed by atoms with Gasteiger partial charge in [-0.3, -0.25) is 0 Å². The Balaban J connectivity index is -0.000000284. The van der Waals surface area contributed by atoms with Crippen molar-refractivity contribution in [3.63, 3.8) is 0 Å². The van der Waals surface area contributed by atoms with Crippen LogP contribution in [0.2, 0.25) is 0 Å². The summed E-state index contributed by atoms with van der Waals surface area (Å²) >= 11 is 0. The zero-order valence-corrected chi connectivity index (χ0v) is 13.3. The molecule has 0 aliphatic carbocycles. The summed E-state index contributed by atoms with van der Waals surface area (Å²) in [7, 11) is 0. The lowest BCUT2D eigenvalue weighted by Gasteiger charge is -2.10. The van der Waals surface area contributed by atoms with Gasteiger partial charge in [0.1, 0.15) is 12.2 Å². The van der Waals surface area contributed by atoms with E-state index in [0.717, 1.165) is 0 Å². The van der Waals surface area contributed by atoms with E-state index < -0.39 is 24.1 Å². The van der Waals surface area contributed by atoms with Crippen LogP contribution in [0, 0.1) is 0 Å². The molecule has 0 aromatic heterocycles. The van der Waals surface area contributed by atoms with Crippen LogP contribution in [-0.2, 0) is 14.3 Å². The number of carboxylic acid groups (broad SMARTS) is 2. The molecule has 0 rings (SSSR count). The van der Waals surface area contributed by atoms with E-state index in [9.17, 15) is 9.59 Å². The fourth-order valence-electron chi connectivity index (χ4n) is 0.446. The number of aliphatic hydroxyl groups is 4. The van der Waals surface area contributed by atoms with Crippen LogP contribution in [0.5, 0.6) is 0 Å². The Morgan fingerprint density at radius 2 is 1.09 bits per heavy atom. The molecule has 2 unspecified atom stereocenters. The molecular formula is C14H26O9. The van der Waals surface area contributed by atoms with Gasteiger partial charge in [-0.25, -0.2) is 9.59 Å². The van der Waals surface area contributed by atoms with Crippen molar-refractivity contribution in [1.82, 2.24) is 0 Å². The molecule has 2 atom stereocenters. The van der Waals surface area contributed by atoms with Crippen molar-refractivity contribution >= 4 is 11.9 Å². The summed E-state index contributed by atoms with van der Waals surface area (Å²) in [5.74, 6) is -1.87. The van der Waals surface area contributed by atoms with Gasteiger partial charge in [0.15, 0.2) is 0 Å². The van der Waals surface area contributed by atoms with Crippen molar-refractivity contribution in [1.29, 1.82) is 0 Å². The molecule has 0 radical (unpaired) electrons. The molecule has 0 saturated heterocycles. The highest BCUT2D eigenvalue weighted by molar-refractivity contribution is 5.85. The lowest BCUT2D eigenvalue weighted by Crippen LogP contribution is -2.25. The van der Waals surface area contributed by atoms with Gasteiger partial charge < -0.3 is 35.4 Å². The van der Waals surface area contributed by atoms with Crippen LogP contribution in [0.25, 0.3) is 0 Å². The maximum absolute atomic E-state index is 9.60. The molecule has 0 saturated carbocycles. The van der Waals surface area contributed by atoms with E-state index >= 15 is 0 Å². The molecule has 136 valence electrons. The molecule has 0 aromatic carbocycles. The SMILES string of the molecule is C=C(C)C(=O)O.C=C(C)C(=O)O.OCC(O)COCC(O)CO. The highest BCUT2D eigenvalue weighted by Crippen LogP contribution is 1.87. The minimum Gasteiger partial charge on any atom is -0.478 e. The van der Waals surface area contributed by atoms with Crippen molar-refractivity contribution in [2.75, 3.05) is 26.4 Å². The average Bonchev–Trinajstić information content (AvgIpc) is 2.47. The highest BCUT2D eigenvalue weighted by Gasteiger charge is 2.04. The Bertz CT molecular complexity index is 307. The van der Waals surface area contributed by atoms with Crippen LogP contribution < -0.4 is 0 Å². The van der Waals surface area contributed by atoms with Gasteiger partial charge in [-0.2, -0.15) is 0 Å². The molecule has 23 heavy (non-hydrogen) atoms. The second kappa shape index (κ2) is 16.6. The number of hydrogen-bond donors (Lipinski definition) is 6. The van der Waals surface area contributed by atoms with E-state index in [2.05, 4.69) is 13.2 Å². The predicted molar refractivity (Wildman–Crippen MR) is 81.9 cm³/mol. The Morgan fingerprint density at radius 1 is 0.870 bits per heavy atom. The van der Waals surface area contributed by atoms with E-state index in [0.29, 0.717) is 0 Å². The number of aliphatic hydroxyl groups excluding tert-OH is 4. The maximum Gasteiger partial charge on any atom is 0.330 e. The smallest absolute Gasteiger partial charge is 0.330 e. The Hall–Kier alpha value is -1.78. The molecular weight excluding hydrogens is 312 g/mol. The first-order valence-electron chi connectivity index (χ1n) is 6.42. The van der Waals surface area contributed by atoms with Gasteiger partial charge in [0, 0.05) is 11.1 Å². The minimum absolute atomic E-state index is 0.0342. The van der Waals surface area contributed by atoms with Crippen molar-refractivity contribution in [2.24, 2.45) is 0 Å². The van der Waals surface area contributed by atoms with E-state index in [4.69, 9.17) is 35.4 Å². The normalized spacial score (nSPS) is 11.7. The molecule has 6 N–H and O–H groups in total. The van der Waals surface area contributed by atoms with E-state index in [-0.39, 0.29) is 37.6 Å². The van der Waals surface area contributed by atoms with Crippen molar-refractivity contribution in [3.05, 3.63) is 24.3 Å². The van der Waals surface area contributed by atoms with E-state index in [1.54, 1.807) is 0 Å². The van der Waals surface area contributed by atoms with Crippen LogP contribution >= 0.6 is 0 Å². The largest absolute Gasteiger partial charge is 0.478 e. The molecule has 9 heteroatoms. The molecule has 0 spiro atoms. The van der Waals surface area contributed by atoms with Crippen LogP contribution in [-0.4, -0.2) is 81.2 Å². The molecule has 0 fully saturated rings. The standard InChI is InChI=1S/C6H14O5.2C4H6O2/c7-1-5(9)3-11-4-6(10)2-8;2*1-3(2)4(5)6/h5-10H,1-4H2;2*1H2,2H3,(H,5,6). The number of carboxylic acids is 2. The number of hydrogen-bond acceptors (Lipinski definition) is 7. The molecule has 0 heterocycles. The molecule has 0 amide bonds. The van der Waals surface area contributed by atoms with Crippen molar-refractivity contribution < 1.29 is 45.0 Å². The maximum atomic E-state index is 9.60. The summed E-state index contributed by atoms with van der Waals surface area (Å²) in [5, 5.41) is 49.9. The van der Waals surface area contributed by atoms with Gasteiger partial charge in [-0.15, -0.1) is 0 Å².